The van der Waals surface area contributed by atoms with Crippen LogP contribution in [0, 0.1) is 0 Å². The molecule has 1 N–H and O–H groups in total. The lowest BCUT2D eigenvalue weighted by molar-refractivity contribution is 0.0697. The number of nitrogens with zero attached hydrogens (tertiary/aromatic N) is 3. The molecule has 0 spiro atoms. The van der Waals surface area contributed by atoms with Crippen LogP contribution < -0.4 is 0 Å². The first kappa shape index (κ1) is 18.0. The zero-order valence-electron chi connectivity index (χ0n) is 15.1. The molecule has 1 aromatic heterocycles. The highest BCUT2D eigenvalue weighted by atomic mass is 32.1. The lowest BCUT2D eigenvalue weighted by atomic mass is 9.99. The van der Waals surface area contributed by atoms with Crippen molar-refractivity contribution in [3.05, 3.63) is 83.9 Å². The summed E-state index contributed by atoms with van der Waals surface area (Å²) in [7, 11) is 0. The number of aromatic nitrogens is 1. The first-order chi connectivity index (χ1) is 13.6. The van der Waals surface area contributed by atoms with Crippen molar-refractivity contribution in [1.82, 2.24) is 4.98 Å². The Morgan fingerprint density at radius 3 is 2.54 bits per heavy atom. The number of hydrogen-bond acceptors (Lipinski definition) is 5. The standard InChI is InChI=1S/C22H17N3O2S/c1-14(24-25-22-23-19-10-2-3-11-20(19)28-22)15-6-4-7-16(12-15)17-8-5-9-18(13-17)21(26)27/h2-14H,1H3,(H,26,27). The number of carboxylic acid groups (broad SMARTS) is 1. The summed E-state index contributed by atoms with van der Waals surface area (Å²) >= 11 is 1.51. The molecule has 0 aliphatic heterocycles. The maximum Gasteiger partial charge on any atom is 0.335 e. The van der Waals surface area contributed by atoms with E-state index in [1.807, 2.05) is 61.5 Å². The molecule has 1 heterocycles. The van der Waals surface area contributed by atoms with E-state index in [9.17, 15) is 9.90 Å². The molecule has 0 saturated heterocycles. The van der Waals surface area contributed by atoms with Crippen LogP contribution in [0.4, 0.5) is 5.13 Å². The van der Waals surface area contributed by atoms with E-state index in [1.165, 1.54) is 11.3 Å². The van der Waals surface area contributed by atoms with E-state index in [2.05, 4.69) is 15.2 Å². The fourth-order valence-electron chi connectivity index (χ4n) is 2.92. The van der Waals surface area contributed by atoms with Crippen molar-refractivity contribution in [3.63, 3.8) is 0 Å². The van der Waals surface area contributed by atoms with Gasteiger partial charge in [-0.15, -0.1) is 5.11 Å². The Bertz CT molecular complexity index is 1150. The van der Waals surface area contributed by atoms with Gasteiger partial charge in [0, 0.05) is 0 Å². The number of hydrogen-bond donors (Lipinski definition) is 1. The monoisotopic (exact) mass is 387 g/mol. The molecule has 28 heavy (non-hydrogen) atoms. The van der Waals surface area contributed by atoms with E-state index < -0.39 is 5.97 Å². The van der Waals surface area contributed by atoms with Gasteiger partial charge in [-0.1, -0.05) is 53.8 Å². The summed E-state index contributed by atoms with van der Waals surface area (Å²) in [5.41, 5.74) is 4.00. The van der Waals surface area contributed by atoms with Crippen molar-refractivity contribution in [2.24, 2.45) is 10.2 Å². The van der Waals surface area contributed by atoms with E-state index in [0.717, 1.165) is 26.9 Å². The molecule has 0 bridgehead atoms. The molecule has 0 amide bonds. The molecule has 1 unspecified atom stereocenters. The summed E-state index contributed by atoms with van der Waals surface area (Å²) in [5, 5.41) is 18.6. The van der Waals surface area contributed by atoms with Crippen LogP contribution in [-0.2, 0) is 0 Å². The summed E-state index contributed by atoms with van der Waals surface area (Å²) in [6.07, 6.45) is 0. The van der Waals surface area contributed by atoms with Gasteiger partial charge in [0.05, 0.1) is 21.8 Å². The van der Waals surface area contributed by atoms with E-state index in [0.29, 0.717) is 5.13 Å². The second-order valence-corrected chi connectivity index (χ2v) is 7.38. The van der Waals surface area contributed by atoms with E-state index in [1.54, 1.807) is 18.2 Å². The van der Waals surface area contributed by atoms with Crippen molar-refractivity contribution in [1.29, 1.82) is 0 Å². The van der Waals surface area contributed by atoms with Gasteiger partial charge in [0.15, 0.2) is 0 Å². The Morgan fingerprint density at radius 2 is 1.75 bits per heavy atom. The second kappa shape index (κ2) is 7.70. The number of azo groups is 1. The predicted octanol–water partition coefficient (Wildman–Crippen LogP) is 6.51. The van der Waals surface area contributed by atoms with Crippen molar-refractivity contribution >= 4 is 32.7 Å². The number of carboxylic acids is 1. The third-order valence-corrected chi connectivity index (χ3v) is 5.33. The summed E-state index contributed by atoms with van der Waals surface area (Å²) in [6.45, 7) is 1.98. The number of thiazole rings is 1. The maximum absolute atomic E-state index is 11.2. The summed E-state index contributed by atoms with van der Waals surface area (Å²) in [5.74, 6) is -0.934. The summed E-state index contributed by atoms with van der Waals surface area (Å²) in [4.78, 5) is 15.7. The lowest BCUT2D eigenvalue weighted by Crippen LogP contribution is -1.96. The van der Waals surface area contributed by atoms with Gasteiger partial charge in [0.1, 0.15) is 0 Å². The average Bonchev–Trinajstić information content (AvgIpc) is 3.15. The quantitative estimate of drug-likeness (QED) is 0.397. The minimum Gasteiger partial charge on any atom is -0.478 e. The first-order valence-electron chi connectivity index (χ1n) is 8.80. The molecule has 0 radical (unpaired) electrons. The number of fused-ring (bicyclic) bond motifs is 1. The number of carbonyl (C=O) groups is 1. The molecule has 0 fully saturated rings. The van der Waals surface area contributed by atoms with Crippen LogP contribution in [0.3, 0.4) is 0 Å². The van der Waals surface area contributed by atoms with Crippen LogP contribution in [0.15, 0.2) is 83.0 Å². The minimum absolute atomic E-state index is 0.144. The van der Waals surface area contributed by atoms with E-state index in [4.69, 9.17) is 0 Å². The molecule has 0 saturated carbocycles. The van der Waals surface area contributed by atoms with Gasteiger partial charge in [-0.3, -0.25) is 0 Å². The predicted molar refractivity (Wildman–Crippen MR) is 111 cm³/mol. The largest absolute Gasteiger partial charge is 0.478 e. The van der Waals surface area contributed by atoms with E-state index >= 15 is 0 Å². The Morgan fingerprint density at radius 1 is 1.00 bits per heavy atom. The second-order valence-electron chi connectivity index (χ2n) is 6.37. The van der Waals surface area contributed by atoms with Crippen LogP contribution in [0.5, 0.6) is 0 Å². The molecular formula is C22H17N3O2S. The van der Waals surface area contributed by atoms with Crippen LogP contribution in [0.2, 0.25) is 0 Å². The smallest absolute Gasteiger partial charge is 0.335 e. The van der Waals surface area contributed by atoms with Crippen molar-refractivity contribution < 1.29 is 9.90 Å². The van der Waals surface area contributed by atoms with Crippen LogP contribution in [0.25, 0.3) is 21.3 Å². The van der Waals surface area contributed by atoms with Gasteiger partial charge in [-0.2, -0.15) is 5.11 Å². The zero-order chi connectivity index (χ0) is 19.5. The highest BCUT2D eigenvalue weighted by Crippen LogP contribution is 2.30. The van der Waals surface area contributed by atoms with E-state index in [-0.39, 0.29) is 11.6 Å². The Balaban J connectivity index is 1.58. The van der Waals surface area contributed by atoms with Gasteiger partial charge in [0.2, 0.25) is 5.13 Å². The molecule has 4 rings (SSSR count). The van der Waals surface area contributed by atoms with Crippen molar-refractivity contribution in [3.8, 4) is 11.1 Å². The van der Waals surface area contributed by atoms with Gasteiger partial charge < -0.3 is 5.11 Å². The SMILES string of the molecule is CC(N=Nc1nc2ccccc2s1)c1cccc(-c2cccc(C(=O)O)c2)c1. The van der Waals surface area contributed by atoms with Gasteiger partial charge in [-0.25, -0.2) is 9.78 Å². The van der Waals surface area contributed by atoms with Gasteiger partial charge >= 0.3 is 5.97 Å². The highest BCUT2D eigenvalue weighted by Gasteiger charge is 2.09. The molecule has 0 aliphatic carbocycles. The fraction of sp³-hybridized carbons (Fsp3) is 0.0909. The van der Waals surface area contributed by atoms with Gasteiger partial charge in [0.25, 0.3) is 0 Å². The summed E-state index contributed by atoms with van der Waals surface area (Å²) < 4.78 is 1.09. The topological polar surface area (TPSA) is 74.9 Å². The molecule has 3 aromatic carbocycles. The lowest BCUT2D eigenvalue weighted by Gasteiger charge is -2.09. The molecular weight excluding hydrogens is 370 g/mol. The number of para-hydroxylation sites is 1. The zero-order valence-corrected chi connectivity index (χ0v) is 15.9. The third kappa shape index (κ3) is 3.82. The van der Waals surface area contributed by atoms with Crippen molar-refractivity contribution in [2.45, 2.75) is 13.0 Å². The summed E-state index contributed by atoms with van der Waals surface area (Å²) in [6, 6.07) is 22.6. The van der Waals surface area contributed by atoms with Gasteiger partial charge in [-0.05, 0) is 53.9 Å². The number of aromatic carboxylic acids is 1. The molecule has 138 valence electrons. The Hall–Kier alpha value is -3.38. The maximum atomic E-state index is 11.2. The normalized spacial score (nSPS) is 12.5. The number of benzene rings is 3. The first-order valence-corrected chi connectivity index (χ1v) is 9.62. The van der Waals surface area contributed by atoms with Crippen LogP contribution >= 0.6 is 11.3 Å². The Labute approximate surface area is 166 Å². The Kier molecular flexibility index (Phi) is 4.95. The van der Waals surface area contributed by atoms with Crippen molar-refractivity contribution in [2.75, 3.05) is 0 Å². The number of rotatable bonds is 5. The molecule has 6 heteroatoms. The van der Waals surface area contributed by atoms with Crippen LogP contribution in [-0.4, -0.2) is 16.1 Å². The highest BCUT2D eigenvalue weighted by molar-refractivity contribution is 7.21. The molecule has 5 nitrogen and oxygen atoms in total. The molecule has 4 aromatic rings. The fourth-order valence-corrected chi connectivity index (χ4v) is 3.71. The minimum atomic E-state index is -0.934. The molecule has 0 aliphatic rings. The average molecular weight is 387 g/mol. The van der Waals surface area contributed by atoms with Crippen LogP contribution in [0.1, 0.15) is 28.9 Å². The molecule has 1 atom stereocenters. The third-order valence-electron chi connectivity index (χ3n) is 4.41.